The number of hydrogen-bond donors (Lipinski definition) is 1. The van der Waals surface area contributed by atoms with Crippen molar-refractivity contribution in [3.05, 3.63) is 40.7 Å². The van der Waals surface area contributed by atoms with Crippen molar-refractivity contribution in [2.75, 3.05) is 5.32 Å². The van der Waals surface area contributed by atoms with E-state index in [1.807, 2.05) is 56.7 Å². The first kappa shape index (κ1) is 19.3. The van der Waals surface area contributed by atoms with E-state index in [2.05, 4.69) is 25.7 Å². The van der Waals surface area contributed by atoms with Gasteiger partial charge in [0.15, 0.2) is 11.0 Å². The number of rotatable bonds is 7. The molecule has 0 bridgehead atoms. The normalized spacial score (nSPS) is 12.0. The topological polar surface area (TPSA) is 94.8 Å². The number of anilines is 1. The number of thioether (sulfide) groups is 1. The minimum Gasteiger partial charge on any atom is -0.485 e. The third kappa shape index (κ3) is 4.83. The summed E-state index contributed by atoms with van der Waals surface area (Å²) < 4.78 is 7.66. The Hall–Kier alpha value is -2.46. The zero-order chi connectivity index (χ0) is 19.4. The van der Waals surface area contributed by atoms with Crippen molar-refractivity contribution in [2.45, 2.75) is 37.8 Å². The number of para-hydroxylation sites is 1. The van der Waals surface area contributed by atoms with E-state index in [0.29, 0.717) is 22.7 Å². The maximum Gasteiger partial charge on any atom is 0.239 e. The highest BCUT2D eigenvalue weighted by molar-refractivity contribution is 8.00. The van der Waals surface area contributed by atoms with Gasteiger partial charge in [-0.2, -0.15) is 0 Å². The number of carbonyl (C=O) groups excluding carboxylic acids is 1. The number of nitrogens with one attached hydrogen (secondary N) is 1. The van der Waals surface area contributed by atoms with Crippen LogP contribution < -0.4 is 10.1 Å². The number of hydrogen-bond acceptors (Lipinski definition) is 8. The third-order valence-electron chi connectivity index (χ3n) is 3.78. The largest absolute Gasteiger partial charge is 0.485 e. The summed E-state index contributed by atoms with van der Waals surface area (Å²) in [5, 5.41) is 20.5. The summed E-state index contributed by atoms with van der Waals surface area (Å²) in [7, 11) is 1.86. The second kappa shape index (κ2) is 8.49. The maximum absolute atomic E-state index is 12.3. The fraction of sp³-hybridized carbons (Fsp3) is 0.353. The van der Waals surface area contributed by atoms with Gasteiger partial charge in [0, 0.05) is 7.05 Å². The molecule has 0 spiro atoms. The molecule has 0 saturated carbocycles. The van der Waals surface area contributed by atoms with E-state index >= 15 is 0 Å². The van der Waals surface area contributed by atoms with Crippen molar-refractivity contribution in [1.82, 2.24) is 25.0 Å². The highest BCUT2D eigenvalue weighted by Gasteiger charge is 2.20. The van der Waals surface area contributed by atoms with Gasteiger partial charge in [-0.05, 0) is 32.4 Å². The van der Waals surface area contributed by atoms with Crippen LogP contribution in [0.5, 0.6) is 5.75 Å². The zero-order valence-corrected chi connectivity index (χ0v) is 17.1. The minimum absolute atomic E-state index is 0.156. The molecule has 2 aromatic heterocycles. The molecule has 3 aromatic rings. The Morgan fingerprint density at radius 2 is 2.04 bits per heavy atom. The molecule has 2 heterocycles. The Morgan fingerprint density at radius 1 is 1.26 bits per heavy atom. The van der Waals surface area contributed by atoms with E-state index in [0.717, 1.165) is 16.3 Å². The Balaban J connectivity index is 1.59. The van der Waals surface area contributed by atoms with Gasteiger partial charge in [0.05, 0.1) is 5.25 Å². The summed E-state index contributed by atoms with van der Waals surface area (Å²) in [4.78, 5) is 12.3. The zero-order valence-electron chi connectivity index (χ0n) is 15.5. The standard InChI is InChI=1S/C17H20N6O2S2/c1-10-7-5-6-8-13(10)25-9-14-20-22-17(23(14)4)26-11(2)15(24)18-16-21-19-12(3)27-16/h5-8,11H,9H2,1-4H3,(H,18,21,24). The number of carbonyl (C=O) groups is 1. The van der Waals surface area contributed by atoms with Gasteiger partial charge in [0.25, 0.3) is 0 Å². The third-order valence-corrected chi connectivity index (χ3v) is 5.67. The predicted octanol–water partition coefficient (Wildman–Crippen LogP) is 2.98. The van der Waals surface area contributed by atoms with E-state index in [1.54, 1.807) is 0 Å². The summed E-state index contributed by atoms with van der Waals surface area (Å²) in [6.07, 6.45) is 0. The van der Waals surface area contributed by atoms with Crippen molar-refractivity contribution < 1.29 is 9.53 Å². The molecule has 0 fully saturated rings. The summed E-state index contributed by atoms with van der Waals surface area (Å²) in [5.41, 5.74) is 1.06. The summed E-state index contributed by atoms with van der Waals surface area (Å²) in [6.45, 7) is 5.95. The van der Waals surface area contributed by atoms with E-state index in [4.69, 9.17) is 4.74 Å². The second-order valence-corrected chi connectivity index (χ2v) is 8.38. The first-order valence-electron chi connectivity index (χ1n) is 8.28. The van der Waals surface area contributed by atoms with Gasteiger partial charge in [0.1, 0.15) is 17.4 Å². The lowest BCUT2D eigenvalue weighted by Gasteiger charge is -2.11. The monoisotopic (exact) mass is 404 g/mol. The van der Waals surface area contributed by atoms with Crippen molar-refractivity contribution >= 4 is 34.1 Å². The Bertz CT molecular complexity index is 939. The van der Waals surface area contributed by atoms with Crippen LogP contribution in [0.2, 0.25) is 0 Å². The molecule has 0 radical (unpaired) electrons. The van der Waals surface area contributed by atoms with Crippen LogP contribution in [-0.2, 0) is 18.4 Å². The van der Waals surface area contributed by atoms with E-state index < -0.39 is 0 Å². The maximum atomic E-state index is 12.3. The van der Waals surface area contributed by atoms with Crippen LogP contribution in [0.15, 0.2) is 29.4 Å². The van der Waals surface area contributed by atoms with Crippen LogP contribution >= 0.6 is 23.1 Å². The number of ether oxygens (including phenoxy) is 1. The fourth-order valence-corrected chi connectivity index (χ4v) is 3.63. The smallest absolute Gasteiger partial charge is 0.239 e. The quantitative estimate of drug-likeness (QED) is 0.605. The molecule has 3 rings (SSSR count). The highest BCUT2D eigenvalue weighted by atomic mass is 32.2. The fourth-order valence-electron chi connectivity index (χ4n) is 2.20. The van der Waals surface area contributed by atoms with Crippen LogP contribution in [0, 0.1) is 13.8 Å². The van der Waals surface area contributed by atoms with E-state index in [1.165, 1.54) is 23.1 Å². The highest BCUT2D eigenvalue weighted by Crippen LogP contribution is 2.24. The number of benzene rings is 1. The van der Waals surface area contributed by atoms with Crippen LogP contribution in [-0.4, -0.2) is 36.1 Å². The average Bonchev–Trinajstić information content (AvgIpc) is 3.20. The van der Waals surface area contributed by atoms with Gasteiger partial charge in [0.2, 0.25) is 11.0 Å². The predicted molar refractivity (Wildman–Crippen MR) is 105 cm³/mol. The molecule has 142 valence electrons. The molecule has 8 nitrogen and oxygen atoms in total. The van der Waals surface area contributed by atoms with Crippen LogP contribution in [0.4, 0.5) is 5.13 Å². The minimum atomic E-state index is -0.359. The van der Waals surface area contributed by atoms with E-state index in [9.17, 15) is 4.79 Å². The molecule has 10 heteroatoms. The summed E-state index contributed by atoms with van der Waals surface area (Å²) >= 11 is 2.67. The van der Waals surface area contributed by atoms with Gasteiger partial charge in [-0.25, -0.2) is 0 Å². The SMILES string of the molecule is Cc1nnc(NC(=O)C(C)Sc2nnc(COc3ccccc3C)n2C)s1. The number of amides is 1. The summed E-state index contributed by atoms with van der Waals surface area (Å²) in [5.74, 6) is 1.35. The van der Waals surface area contributed by atoms with Crippen LogP contribution in [0.3, 0.4) is 0 Å². The lowest BCUT2D eigenvalue weighted by Crippen LogP contribution is -2.22. The Kier molecular flexibility index (Phi) is 6.07. The molecular weight excluding hydrogens is 384 g/mol. The van der Waals surface area contributed by atoms with Crippen LogP contribution in [0.1, 0.15) is 23.3 Å². The van der Waals surface area contributed by atoms with E-state index in [-0.39, 0.29) is 11.2 Å². The molecule has 1 N–H and O–H groups in total. The van der Waals surface area contributed by atoms with Crippen molar-refractivity contribution in [1.29, 1.82) is 0 Å². The van der Waals surface area contributed by atoms with Crippen molar-refractivity contribution in [2.24, 2.45) is 7.05 Å². The summed E-state index contributed by atoms with van der Waals surface area (Å²) in [6, 6.07) is 7.81. The number of aryl methyl sites for hydroxylation is 2. The Morgan fingerprint density at radius 3 is 2.74 bits per heavy atom. The second-order valence-electron chi connectivity index (χ2n) is 5.89. The molecule has 1 aromatic carbocycles. The molecule has 27 heavy (non-hydrogen) atoms. The first-order valence-corrected chi connectivity index (χ1v) is 9.98. The molecule has 0 aliphatic heterocycles. The molecule has 1 amide bonds. The van der Waals surface area contributed by atoms with Gasteiger partial charge in [-0.1, -0.05) is 41.3 Å². The van der Waals surface area contributed by atoms with Gasteiger partial charge in [-0.3, -0.25) is 10.1 Å². The van der Waals surface area contributed by atoms with Crippen LogP contribution in [0.25, 0.3) is 0 Å². The molecule has 0 aliphatic rings. The molecule has 1 unspecified atom stereocenters. The molecule has 0 aliphatic carbocycles. The van der Waals surface area contributed by atoms with Gasteiger partial charge in [-0.15, -0.1) is 20.4 Å². The van der Waals surface area contributed by atoms with Gasteiger partial charge < -0.3 is 9.30 Å². The molecular formula is C17H20N6O2S2. The Labute approximate surface area is 165 Å². The lowest BCUT2D eigenvalue weighted by molar-refractivity contribution is -0.115. The number of nitrogens with zero attached hydrogens (tertiary/aromatic N) is 5. The van der Waals surface area contributed by atoms with Gasteiger partial charge >= 0.3 is 0 Å². The van der Waals surface area contributed by atoms with Crippen molar-refractivity contribution in [3.63, 3.8) is 0 Å². The molecule has 0 saturated heterocycles. The lowest BCUT2D eigenvalue weighted by atomic mass is 10.2. The number of aromatic nitrogens is 5. The molecule has 1 atom stereocenters. The first-order chi connectivity index (χ1) is 12.9. The average molecular weight is 405 g/mol. The van der Waals surface area contributed by atoms with Crippen molar-refractivity contribution in [3.8, 4) is 5.75 Å².